The lowest BCUT2D eigenvalue weighted by Crippen LogP contribution is -2.13. The molecule has 0 atom stereocenters. The van der Waals surface area contributed by atoms with Gasteiger partial charge >= 0.3 is 0 Å². The Hall–Kier alpha value is -2.95. The van der Waals surface area contributed by atoms with Crippen LogP contribution < -0.4 is 5.32 Å². The van der Waals surface area contributed by atoms with E-state index in [0.29, 0.717) is 5.56 Å². The van der Waals surface area contributed by atoms with Gasteiger partial charge < -0.3 is 9.88 Å². The minimum atomic E-state index is -0.454. The van der Waals surface area contributed by atoms with E-state index in [-0.39, 0.29) is 11.6 Å². The zero-order valence-electron chi connectivity index (χ0n) is 12.0. The number of carbonyl (C=O) groups is 1. The van der Waals surface area contributed by atoms with Gasteiger partial charge in [-0.3, -0.25) is 4.79 Å². The number of amides is 1. The Morgan fingerprint density at radius 3 is 2.86 bits per heavy atom. The average Bonchev–Trinajstić information content (AvgIpc) is 3.05. The van der Waals surface area contributed by atoms with Crippen molar-refractivity contribution >= 4 is 11.6 Å². The lowest BCUT2D eigenvalue weighted by molar-refractivity contribution is 0.102. The molecule has 1 N–H and O–H groups in total. The predicted octanol–water partition coefficient (Wildman–Crippen LogP) is 3.57. The van der Waals surface area contributed by atoms with E-state index in [1.165, 1.54) is 6.07 Å². The summed E-state index contributed by atoms with van der Waals surface area (Å²) in [5, 5.41) is 2.60. The van der Waals surface area contributed by atoms with Gasteiger partial charge in [-0.1, -0.05) is 12.1 Å². The van der Waals surface area contributed by atoms with Crippen LogP contribution in [0.2, 0.25) is 0 Å². The van der Waals surface area contributed by atoms with Crippen LogP contribution in [0.3, 0.4) is 0 Å². The van der Waals surface area contributed by atoms with Crippen molar-refractivity contribution in [2.24, 2.45) is 0 Å². The number of hydrogen-bond donors (Lipinski definition) is 1. The Bertz CT molecular complexity index is 813. The first-order chi connectivity index (χ1) is 10.6. The first-order valence-corrected chi connectivity index (χ1v) is 6.79. The lowest BCUT2D eigenvalue weighted by Gasteiger charge is -2.09. The van der Waals surface area contributed by atoms with E-state index < -0.39 is 5.82 Å². The van der Waals surface area contributed by atoms with Crippen LogP contribution in [0.25, 0.3) is 5.69 Å². The molecule has 0 fully saturated rings. The highest BCUT2D eigenvalue weighted by molar-refractivity contribution is 6.04. The number of anilines is 1. The molecule has 0 radical (unpaired) electrons. The van der Waals surface area contributed by atoms with Crippen LogP contribution >= 0.6 is 0 Å². The molecule has 0 aliphatic heterocycles. The number of halogens is 1. The second-order valence-electron chi connectivity index (χ2n) is 4.96. The van der Waals surface area contributed by atoms with Gasteiger partial charge in [-0.15, -0.1) is 0 Å². The molecule has 3 aromatic rings. The van der Waals surface area contributed by atoms with Crippen molar-refractivity contribution in [2.45, 2.75) is 6.92 Å². The van der Waals surface area contributed by atoms with E-state index in [2.05, 4.69) is 10.3 Å². The van der Waals surface area contributed by atoms with Crippen molar-refractivity contribution in [1.82, 2.24) is 9.55 Å². The molecule has 0 spiro atoms. The first kappa shape index (κ1) is 14.0. The van der Waals surface area contributed by atoms with Crippen LogP contribution in [0.4, 0.5) is 10.1 Å². The van der Waals surface area contributed by atoms with Crippen molar-refractivity contribution in [2.75, 3.05) is 5.32 Å². The highest BCUT2D eigenvalue weighted by atomic mass is 19.1. The Labute approximate surface area is 127 Å². The van der Waals surface area contributed by atoms with Gasteiger partial charge in [0, 0.05) is 23.6 Å². The maximum atomic E-state index is 13.7. The zero-order valence-corrected chi connectivity index (χ0v) is 12.0. The van der Waals surface area contributed by atoms with Gasteiger partial charge in [0.25, 0.3) is 5.91 Å². The molecule has 4 nitrogen and oxygen atoms in total. The van der Waals surface area contributed by atoms with Crippen molar-refractivity contribution in [3.63, 3.8) is 0 Å². The second-order valence-corrected chi connectivity index (χ2v) is 4.96. The number of aryl methyl sites for hydroxylation is 1. The second kappa shape index (κ2) is 5.81. The molecule has 110 valence electrons. The molecule has 0 saturated heterocycles. The summed E-state index contributed by atoms with van der Waals surface area (Å²) >= 11 is 0. The van der Waals surface area contributed by atoms with E-state index in [9.17, 15) is 9.18 Å². The van der Waals surface area contributed by atoms with E-state index in [1.807, 2.05) is 13.0 Å². The van der Waals surface area contributed by atoms with Crippen LogP contribution in [-0.2, 0) is 0 Å². The third-order valence-corrected chi connectivity index (χ3v) is 3.28. The van der Waals surface area contributed by atoms with Crippen molar-refractivity contribution in [1.29, 1.82) is 0 Å². The molecule has 0 bridgehead atoms. The number of benzene rings is 2. The normalized spacial score (nSPS) is 10.5. The van der Waals surface area contributed by atoms with Crippen molar-refractivity contribution < 1.29 is 9.18 Å². The van der Waals surface area contributed by atoms with Crippen LogP contribution in [0.15, 0.2) is 61.2 Å². The standard InChI is InChI=1S/C17H14FN3O/c1-12-5-6-15(18)16(9-12)20-17(22)13-3-2-4-14(10-13)21-8-7-19-11-21/h2-11H,1H3,(H,20,22). The largest absolute Gasteiger partial charge is 0.319 e. The van der Waals surface area contributed by atoms with Crippen LogP contribution in [0.1, 0.15) is 15.9 Å². The molecule has 1 aromatic heterocycles. The zero-order chi connectivity index (χ0) is 15.5. The van der Waals surface area contributed by atoms with E-state index in [0.717, 1.165) is 11.3 Å². The number of carbonyl (C=O) groups excluding carboxylic acids is 1. The fourth-order valence-electron chi connectivity index (χ4n) is 2.15. The van der Waals surface area contributed by atoms with Crippen molar-refractivity contribution in [3.8, 4) is 5.69 Å². The number of imidazole rings is 1. The summed E-state index contributed by atoms with van der Waals surface area (Å²) in [5.74, 6) is -0.809. The van der Waals surface area contributed by atoms with Gasteiger partial charge in [0.2, 0.25) is 0 Å². The van der Waals surface area contributed by atoms with Crippen LogP contribution in [0, 0.1) is 12.7 Å². The molecule has 0 unspecified atom stereocenters. The quantitative estimate of drug-likeness (QED) is 0.803. The average molecular weight is 295 g/mol. The molecule has 5 heteroatoms. The highest BCUT2D eigenvalue weighted by Gasteiger charge is 2.10. The van der Waals surface area contributed by atoms with Gasteiger partial charge in [0.1, 0.15) is 5.82 Å². The summed E-state index contributed by atoms with van der Waals surface area (Å²) in [6.45, 7) is 1.84. The lowest BCUT2D eigenvalue weighted by atomic mass is 10.1. The molecule has 1 amide bonds. The van der Waals surface area contributed by atoms with E-state index in [4.69, 9.17) is 0 Å². The topological polar surface area (TPSA) is 46.9 Å². The van der Waals surface area contributed by atoms with E-state index in [1.54, 1.807) is 53.6 Å². The molecule has 0 saturated carbocycles. The summed E-state index contributed by atoms with van der Waals surface area (Å²) < 4.78 is 15.5. The summed E-state index contributed by atoms with van der Waals surface area (Å²) in [7, 11) is 0. The molecule has 3 rings (SSSR count). The molecule has 1 heterocycles. The first-order valence-electron chi connectivity index (χ1n) is 6.79. The Balaban J connectivity index is 1.86. The minimum Gasteiger partial charge on any atom is -0.319 e. The van der Waals surface area contributed by atoms with Gasteiger partial charge in [0.15, 0.2) is 0 Å². The SMILES string of the molecule is Cc1ccc(F)c(NC(=O)c2cccc(-n3ccnc3)c2)c1. The number of hydrogen-bond acceptors (Lipinski definition) is 2. The van der Waals surface area contributed by atoms with Gasteiger partial charge in [-0.2, -0.15) is 0 Å². The molecule has 0 aliphatic carbocycles. The Morgan fingerprint density at radius 2 is 2.09 bits per heavy atom. The number of nitrogens with zero attached hydrogens (tertiary/aromatic N) is 2. The molecular weight excluding hydrogens is 281 g/mol. The smallest absolute Gasteiger partial charge is 0.255 e. The highest BCUT2D eigenvalue weighted by Crippen LogP contribution is 2.17. The van der Waals surface area contributed by atoms with Crippen LogP contribution in [-0.4, -0.2) is 15.5 Å². The summed E-state index contributed by atoms with van der Waals surface area (Å²) in [6.07, 6.45) is 5.10. The molecule has 0 aliphatic rings. The fraction of sp³-hybridized carbons (Fsp3) is 0.0588. The number of aromatic nitrogens is 2. The van der Waals surface area contributed by atoms with Gasteiger partial charge in [-0.25, -0.2) is 9.37 Å². The summed E-state index contributed by atoms with van der Waals surface area (Å²) in [6, 6.07) is 11.7. The van der Waals surface area contributed by atoms with Crippen LogP contribution in [0.5, 0.6) is 0 Å². The third-order valence-electron chi connectivity index (χ3n) is 3.28. The Kier molecular flexibility index (Phi) is 3.70. The van der Waals surface area contributed by atoms with Gasteiger partial charge in [0.05, 0.1) is 12.0 Å². The summed E-state index contributed by atoms with van der Waals surface area (Å²) in [5.41, 5.74) is 2.32. The number of nitrogens with one attached hydrogen (secondary N) is 1. The molecule has 22 heavy (non-hydrogen) atoms. The Morgan fingerprint density at radius 1 is 1.23 bits per heavy atom. The molecular formula is C17H14FN3O. The maximum absolute atomic E-state index is 13.7. The van der Waals surface area contributed by atoms with E-state index >= 15 is 0 Å². The fourth-order valence-corrected chi connectivity index (χ4v) is 2.15. The molecule has 2 aromatic carbocycles. The minimum absolute atomic E-state index is 0.179. The third kappa shape index (κ3) is 2.88. The summed E-state index contributed by atoms with van der Waals surface area (Å²) in [4.78, 5) is 16.3. The monoisotopic (exact) mass is 295 g/mol. The maximum Gasteiger partial charge on any atom is 0.255 e. The predicted molar refractivity (Wildman–Crippen MR) is 82.7 cm³/mol. The van der Waals surface area contributed by atoms with Gasteiger partial charge in [-0.05, 0) is 42.8 Å². The van der Waals surface area contributed by atoms with Crippen molar-refractivity contribution in [3.05, 3.63) is 78.1 Å². The number of rotatable bonds is 3.